The molecule has 0 spiro atoms. The summed E-state index contributed by atoms with van der Waals surface area (Å²) in [6.07, 6.45) is 2.37. The second-order valence-corrected chi connectivity index (χ2v) is 4.95. The molecular weight excluding hydrogens is 298 g/mol. The van der Waals surface area contributed by atoms with Crippen molar-refractivity contribution >= 4 is 17.4 Å². The van der Waals surface area contributed by atoms with Crippen LogP contribution in [0, 0.1) is 17.0 Å². The number of carbonyl (C=O) groups excluding carboxylic acids is 1. The zero-order valence-electron chi connectivity index (χ0n) is 12.7. The second-order valence-electron chi connectivity index (χ2n) is 4.95. The van der Waals surface area contributed by atoms with Crippen LogP contribution in [0.25, 0.3) is 0 Å². The van der Waals surface area contributed by atoms with E-state index in [2.05, 4.69) is 10.3 Å². The van der Waals surface area contributed by atoms with Crippen molar-refractivity contribution in [3.05, 3.63) is 58.3 Å². The zero-order valence-corrected chi connectivity index (χ0v) is 12.7. The molecule has 1 aromatic heterocycles. The van der Waals surface area contributed by atoms with Crippen LogP contribution >= 0.6 is 0 Å². The monoisotopic (exact) mass is 315 g/mol. The third kappa shape index (κ3) is 5.06. The van der Waals surface area contributed by atoms with Crippen molar-refractivity contribution in [3.8, 4) is 5.75 Å². The van der Waals surface area contributed by atoms with Gasteiger partial charge in [0.15, 0.2) is 5.75 Å². The second kappa shape index (κ2) is 7.88. The van der Waals surface area contributed by atoms with Crippen molar-refractivity contribution in [3.63, 3.8) is 0 Å². The Kier molecular flexibility index (Phi) is 5.62. The largest absolute Gasteiger partial charge is 0.487 e. The molecule has 0 saturated heterocycles. The zero-order chi connectivity index (χ0) is 16.7. The van der Waals surface area contributed by atoms with E-state index in [1.807, 2.05) is 13.0 Å². The average Bonchev–Trinajstić information content (AvgIpc) is 2.54. The van der Waals surface area contributed by atoms with Gasteiger partial charge in [-0.3, -0.25) is 14.9 Å². The van der Waals surface area contributed by atoms with Gasteiger partial charge in [-0.2, -0.15) is 0 Å². The fourth-order valence-corrected chi connectivity index (χ4v) is 1.89. The van der Waals surface area contributed by atoms with E-state index in [1.54, 1.807) is 24.4 Å². The van der Waals surface area contributed by atoms with Crippen molar-refractivity contribution < 1.29 is 14.5 Å². The number of para-hydroxylation sites is 2. The van der Waals surface area contributed by atoms with Crippen molar-refractivity contribution in [1.29, 1.82) is 0 Å². The van der Waals surface area contributed by atoms with Crippen molar-refractivity contribution in [1.82, 2.24) is 4.98 Å². The third-order valence-electron chi connectivity index (χ3n) is 3.05. The number of aryl methyl sites for hydroxylation is 1. The van der Waals surface area contributed by atoms with Gasteiger partial charge in [0.25, 0.3) is 0 Å². The van der Waals surface area contributed by atoms with Crippen LogP contribution in [0.15, 0.2) is 42.6 Å². The molecule has 0 radical (unpaired) electrons. The van der Waals surface area contributed by atoms with Crippen LogP contribution in [0.2, 0.25) is 0 Å². The summed E-state index contributed by atoms with van der Waals surface area (Å²) in [6.45, 7) is 2.14. The van der Waals surface area contributed by atoms with Crippen LogP contribution in [0.3, 0.4) is 0 Å². The molecule has 7 heteroatoms. The number of hydrogen-bond donors (Lipinski definition) is 1. The Morgan fingerprint density at radius 1 is 1.30 bits per heavy atom. The highest BCUT2D eigenvalue weighted by Crippen LogP contribution is 2.25. The number of nitrogens with one attached hydrogen (secondary N) is 1. The van der Waals surface area contributed by atoms with Gasteiger partial charge in [0.05, 0.1) is 11.5 Å². The molecule has 0 aliphatic heterocycles. The van der Waals surface area contributed by atoms with E-state index < -0.39 is 4.92 Å². The van der Waals surface area contributed by atoms with Crippen LogP contribution in [-0.2, 0) is 4.79 Å². The highest BCUT2D eigenvalue weighted by molar-refractivity contribution is 5.89. The number of nitro benzene ring substituents is 1. The van der Waals surface area contributed by atoms with Crippen LogP contribution in [0.4, 0.5) is 11.5 Å². The van der Waals surface area contributed by atoms with Gasteiger partial charge in [-0.15, -0.1) is 0 Å². The van der Waals surface area contributed by atoms with E-state index in [1.165, 1.54) is 12.1 Å². The predicted octanol–water partition coefficient (Wildman–Crippen LogP) is 3.10. The maximum absolute atomic E-state index is 11.8. The summed E-state index contributed by atoms with van der Waals surface area (Å²) in [5, 5.41) is 13.5. The molecular formula is C16H17N3O4. The van der Waals surface area contributed by atoms with Crippen molar-refractivity contribution in [2.45, 2.75) is 19.8 Å². The molecule has 120 valence electrons. The fraction of sp³-hybridized carbons (Fsp3) is 0.250. The summed E-state index contributed by atoms with van der Waals surface area (Å²) in [4.78, 5) is 26.2. The number of anilines is 1. The number of amides is 1. The molecule has 1 N–H and O–H groups in total. The van der Waals surface area contributed by atoms with Gasteiger partial charge in [0, 0.05) is 18.7 Å². The highest BCUT2D eigenvalue weighted by Gasteiger charge is 2.13. The van der Waals surface area contributed by atoms with Crippen LogP contribution in [-0.4, -0.2) is 22.4 Å². The molecule has 2 rings (SSSR count). The minimum Gasteiger partial charge on any atom is -0.487 e. The predicted molar refractivity (Wildman–Crippen MR) is 85.4 cm³/mol. The van der Waals surface area contributed by atoms with E-state index in [0.717, 1.165) is 5.56 Å². The van der Waals surface area contributed by atoms with Crippen LogP contribution in [0.1, 0.15) is 18.4 Å². The Morgan fingerprint density at radius 2 is 2.09 bits per heavy atom. The van der Waals surface area contributed by atoms with Gasteiger partial charge in [-0.1, -0.05) is 18.2 Å². The molecule has 2 aromatic rings. The summed E-state index contributed by atoms with van der Waals surface area (Å²) in [7, 11) is 0. The van der Waals surface area contributed by atoms with Gasteiger partial charge in [0.2, 0.25) is 5.91 Å². The number of aromatic nitrogens is 1. The fourth-order valence-electron chi connectivity index (χ4n) is 1.89. The molecule has 0 aliphatic rings. The smallest absolute Gasteiger partial charge is 0.310 e. The number of rotatable bonds is 7. The van der Waals surface area contributed by atoms with E-state index in [4.69, 9.17) is 4.74 Å². The van der Waals surface area contributed by atoms with E-state index in [0.29, 0.717) is 12.2 Å². The number of nitro groups is 1. The molecule has 0 bridgehead atoms. The first-order valence-corrected chi connectivity index (χ1v) is 7.15. The Hall–Kier alpha value is -2.96. The van der Waals surface area contributed by atoms with E-state index >= 15 is 0 Å². The number of benzene rings is 1. The van der Waals surface area contributed by atoms with E-state index in [-0.39, 0.29) is 30.4 Å². The first-order chi connectivity index (χ1) is 11.1. The van der Waals surface area contributed by atoms with Crippen LogP contribution in [0.5, 0.6) is 5.75 Å². The lowest BCUT2D eigenvalue weighted by atomic mass is 10.3. The lowest BCUT2D eigenvalue weighted by molar-refractivity contribution is -0.385. The lowest BCUT2D eigenvalue weighted by Crippen LogP contribution is -2.13. The SMILES string of the molecule is Cc1ccc(NC(=O)CCCOc2ccccc2[N+](=O)[O-])nc1. The number of hydrogen-bond acceptors (Lipinski definition) is 5. The van der Waals surface area contributed by atoms with Gasteiger partial charge in [0.1, 0.15) is 5.82 Å². The topological polar surface area (TPSA) is 94.4 Å². The molecule has 0 aliphatic carbocycles. The molecule has 1 aromatic carbocycles. The van der Waals surface area contributed by atoms with Gasteiger partial charge < -0.3 is 10.1 Å². The first-order valence-electron chi connectivity index (χ1n) is 7.15. The Labute approximate surface area is 133 Å². The van der Waals surface area contributed by atoms with E-state index in [9.17, 15) is 14.9 Å². The molecule has 1 heterocycles. The molecule has 0 unspecified atom stereocenters. The van der Waals surface area contributed by atoms with Gasteiger partial charge in [-0.05, 0) is 31.0 Å². The number of ether oxygens (including phenoxy) is 1. The summed E-state index contributed by atoms with van der Waals surface area (Å²) >= 11 is 0. The van der Waals surface area contributed by atoms with Crippen LogP contribution < -0.4 is 10.1 Å². The molecule has 0 atom stereocenters. The third-order valence-corrected chi connectivity index (χ3v) is 3.05. The highest BCUT2D eigenvalue weighted by atomic mass is 16.6. The molecule has 23 heavy (non-hydrogen) atoms. The minimum absolute atomic E-state index is 0.0826. The number of carbonyl (C=O) groups is 1. The van der Waals surface area contributed by atoms with Gasteiger partial charge >= 0.3 is 5.69 Å². The standard InChI is InChI=1S/C16H17N3O4/c1-12-8-9-15(17-11-12)18-16(20)7-4-10-23-14-6-3-2-5-13(14)19(21)22/h2-3,5-6,8-9,11H,4,7,10H2,1H3,(H,17,18,20). The lowest BCUT2D eigenvalue weighted by Gasteiger charge is -2.07. The van der Waals surface area contributed by atoms with Crippen molar-refractivity contribution in [2.24, 2.45) is 0 Å². The number of nitrogens with zero attached hydrogens (tertiary/aromatic N) is 2. The average molecular weight is 315 g/mol. The Morgan fingerprint density at radius 3 is 2.78 bits per heavy atom. The first kappa shape index (κ1) is 16.4. The Bertz CT molecular complexity index is 686. The molecule has 0 fully saturated rings. The summed E-state index contributed by atoms with van der Waals surface area (Å²) < 4.78 is 5.38. The Balaban J connectivity index is 1.76. The molecule has 1 amide bonds. The summed E-state index contributed by atoms with van der Waals surface area (Å²) in [5.74, 6) is 0.533. The minimum atomic E-state index is -0.495. The maximum Gasteiger partial charge on any atom is 0.310 e. The van der Waals surface area contributed by atoms with Crippen molar-refractivity contribution in [2.75, 3.05) is 11.9 Å². The van der Waals surface area contributed by atoms with Gasteiger partial charge in [-0.25, -0.2) is 4.98 Å². The molecule has 7 nitrogen and oxygen atoms in total. The quantitative estimate of drug-likeness (QED) is 0.481. The summed E-state index contributed by atoms with van der Waals surface area (Å²) in [5.41, 5.74) is 0.932. The summed E-state index contributed by atoms with van der Waals surface area (Å²) in [6, 6.07) is 9.75. The normalized spacial score (nSPS) is 10.1. The number of pyridine rings is 1. The molecule has 0 saturated carbocycles. The maximum atomic E-state index is 11.8.